The van der Waals surface area contributed by atoms with Crippen molar-refractivity contribution in [3.05, 3.63) is 132 Å². The summed E-state index contributed by atoms with van der Waals surface area (Å²) in [5, 5.41) is 1.06. The molecule has 194 valence electrons. The van der Waals surface area contributed by atoms with Gasteiger partial charge in [0.2, 0.25) is 0 Å². The smallest absolute Gasteiger partial charge is 0.160 e. The van der Waals surface area contributed by atoms with Crippen LogP contribution in [0.3, 0.4) is 0 Å². The van der Waals surface area contributed by atoms with Crippen LogP contribution in [0.25, 0.3) is 55.8 Å². The molecular weight excluding hydrogens is 484 g/mol. The average molecular weight is 517 g/mol. The monoisotopic (exact) mass is 516 g/mol. The summed E-state index contributed by atoms with van der Waals surface area (Å²) < 4.78 is 0. The number of hydrogen-bond acceptors (Lipinski definition) is 2. The number of benzene rings is 5. The first-order valence-corrected chi connectivity index (χ1v) is 14.0. The van der Waals surface area contributed by atoms with Crippen LogP contribution in [-0.2, 0) is 10.8 Å². The third-order valence-corrected chi connectivity index (χ3v) is 9.25. The molecule has 0 fully saturated rings. The molecule has 2 heteroatoms. The van der Waals surface area contributed by atoms with Crippen molar-refractivity contribution < 1.29 is 0 Å². The van der Waals surface area contributed by atoms with Crippen molar-refractivity contribution in [1.82, 2.24) is 9.97 Å². The maximum Gasteiger partial charge on any atom is 0.160 e. The first kappa shape index (κ1) is 24.5. The Morgan fingerprint density at radius 2 is 1.02 bits per heavy atom. The first-order valence-electron chi connectivity index (χ1n) is 14.0. The molecule has 1 aliphatic rings. The third-order valence-electron chi connectivity index (χ3n) is 9.25. The second-order valence-electron chi connectivity index (χ2n) is 11.9. The van der Waals surface area contributed by atoms with Crippen LogP contribution < -0.4 is 0 Å². The van der Waals surface area contributed by atoms with E-state index in [9.17, 15) is 0 Å². The van der Waals surface area contributed by atoms with Crippen LogP contribution in [-0.4, -0.2) is 9.97 Å². The van der Waals surface area contributed by atoms with E-state index in [1.54, 1.807) is 0 Å². The molecule has 2 nitrogen and oxygen atoms in total. The fraction of sp³-hybridized carbons (Fsp3) is 0.158. The summed E-state index contributed by atoms with van der Waals surface area (Å²) in [7, 11) is 0. The zero-order valence-electron chi connectivity index (χ0n) is 23.4. The van der Waals surface area contributed by atoms with Gasteiger partial charge in [0.1, 0.15) is 0 Å². The van der Waals surface area contributed by atoms with Crippen LogP contribution in [0, 0.1) is 0 Å². The van der Waals surface area contributed by atoms with Crippen molar-refractivity contribution in [1.29, 1.82) is 0 Å². The number of rotatable bonds is 3. The van der Waals surface area contributed by atoms with Gasteiger partial charge in [-0.3, -0.25) is 0 Å². The molecule has 40 heavy (non-hydrogen) atoms. The van der Waals surface area contributed by atoms with Crippen LogP contribution >= 0.6 is 0 Å². The van der Waals surface area contributed by atoms with Crippen molar-refractivity contribution in [2.24, 2.45) is 0 Å². The van der Waals surface area contributed by atoms with Gasteiger partial charge in [-0.1, -0.05) is 131 Å². The molecule has 5 aromatic carbocycles. The minimum Gasteiger partial charge on any atom is -0.228 e. The standard InChI is InChI=1S/C38H32N2/c1-37(2)32-18-12-11-17-29(32)30-21-19-28(24-33(30)38(37,3)4)27-20-22-34-31(23-27)35(25-13-7-5-8-14-25)40-36(39-34)26-15-9-6-10-16-26/h5-24H,1-4H3. The maximum atomic E-state index is 5.10. The Hall–Kier alpha value is -4.56. The van der Waals surface area contributed by atoms with Gasteiger partial charge in [0, 0.05) is 16.5 Å². The predicted octanol–water partition coefficient (Wildman–Crippen LogP) is 9.87. The van der Waals surface area contributed by atoms with Crippen LogP contribution in [0.15, 0.2) is 121 Å². The highest BCUT2D eigenvalue weighted by atomic mass is 14.9. The summed E-state index contributed by atoms with van der Waals surface area (Å²) >= 11 is 0. The minimum atomic E-state index is -0.0353. The highest BCUT2D eigenvalue weighted by Crippen LogP contribution is 2.54. The van der Waals surface area contributed by atoms with E-state index in [-0.39, 0.29) is 10.8 Å². The summed E-state index contributed by atoms with van der Waals surface area (Å²) in [5.74, 6) is 0.746. The van der Waals surface area contributed by atoms with E-state index in [1.165, 1.54) is 33.4 Å². The SMILES string of the molecule is CC1(C)c2ccccc2-c2ccc(-c3ccc4nc(-c5ccccc5)nc(-c5ccccc5)c4c3)cc2C1(C)C. The molecule has 0 spiro atoms. The van der Waals surface area contributed by atoms with Crippen molar-refractivity contribution in [3.63, 3.8) is 0 Å². The zero-order valence-corrected chi connectivity index (χ0v) is 23.4. The largest absolute Gasteiger partial charge is 0.228 e. The predicted molar refractivity (Wildman–Crippen MR) is 167 cm³/mol. The van der Waals surface area contributed by atoms with Crippen molar-refractivity contribution in [2.75, 3.05) is 0 Å². The molecule has 0 N–H and O–H groups in total. The summed E-state index contributed by atoms with van der Waals surface area (Å²) in [6.07, 6.45) is 0. The second kappa shape index (κ2) is 8.99. The molecule has 0 radical (unpaired) electrons. The average Bonchev–Trinajstić information content (AvgIpc) is 3.00. The zero-order chi connectivity index (χ0) is 27.5. The van der Waals surface area contributed by atoms with Crippen LogP contribution in [0.4, 0.5) is 0 Å². The van der Waals surface area contributed by atoms with Crippen molar-refractivity contribution in [2.45, 2.75) is 38.5 Å². The van der Waals surface area contributed by atoms with Gasteiger partial charge in [-0.15, -0.1) is 0 Å². The Morgan fingerprint density at radius 1 is 0.450 bits per heavy atom. The van der Waals surface area contributed by atoms with Crippen LogP contribution in [0.5, 0.6) is 0 Å². The molecule has 7 rings (SSSR count). The Kier molecular flexibility index (Phi) is 5.50. The lowest BCUT2D eigenvalue weighted by Gasteiger charge is -2.48. The normalized spacial score (nSPS) is 14.9. The van der Waals surface area contributed by atoms with E-state index >= 15 is 0 Å². The molecule has 0 unspecified atom stereocenters. The highest BCUT2D eigenvalue weighted by Gasteiger charge is 2.45. The van der Waals surface area contributed by atoms with Gasteiger partial charge in [0.15, 0.2) is 5.82 Å². The second-order valence-corrected chi connectivity index (χ2v) is 11.9. The number of hydrogen-bond donors (Lipinski definition) is 0. The minimum absolute atomic E-state index is 0.000753. The van der Waals surface area contributed by atoms with Gasteiger partial charge < -0.3 is 0 Å². The van der Waals surface area contributed by atoms with Gasteiger partial charge >= 0.3 is 0 Å². The topological polar surface area (TPSA) is 25.8 Å². The molecule has 0 saturated carbocycles. The van der Waals surface area contributed by atoms with E-state index in [4.69, 9.17) is 9.97 Å². The van der Waals surface area contributed by atoms with Crippen LogP contribution in [0.2, 0.25) is 0 Å². The Labute approximate surface area is 236 Å². The van der Waals surface area contributed by atoms with Gasteiger partial charge in [0.05, 0.1) is 11.2 Å². The molecule has 6 aromatic rings. The van der Waals surface area contributed by atoms with Crippen LogP contribution in [0.1, 0.15) is 38.8 Å². The van der Waals surface area contributed by atoms with Crippen molar-refractivity contribution in [3.8, 4) is 44.9 Å². The number of aromatic nitrogens is 2. The molecule has 1 aliphatic carbocycles. The molecule has 1 heterocycles. The number of fused-ring (bicyclic) bond motifs is 4. The summed E-state index contributed by atoms with van der Waals surface area (Å²) in [6, 6.07) is 43.2. The number of nitrogens with zero attached hydrogens (tertiary/aromatic N) is 2. The lowest BCUT2D eigenvalue weighted by Crippen LogP contribution is -2.43. The summed E-state index contributed by atoms with van der Waals surface area (Å²) in [4.78, 5) is 10.1. The highest BCUT2D eigenvalue weighted by molar-refractivity contribution is 5.96. The van der Waals surface area contributed by atoms with E-state index in [0.29, 0.717) is 0 Å². The molecule has 1 aromatic heterocycles. The molecule has 0 atom stereocenters. The molecular formula is C38H32N2. The summed E-state index contributed by atoms with van der Waals surface area (Å²) in [6.45, 7) is 9.54. The summed E-state index contributed by atoms with van der Waals surface area (Å²) in [5.41, 5.74) is 11.9. The van der Waals surface area contributed by atoms with E-state index in [0.717, 1.165) is 33.5 Å². The van der Waals surface area contributed by atoms with E-state index < -0.39 is 0 Å². The lowest BCUT2D eigenvalue weighted by molar-refractivity contribution is 0.299. The van der Waals surface area contributed by atoms with E-state index in [2.05, 4.69) is 125 Å². The molecule has 0 saturated heterocycles. The Morgan fingerprint density at radius 3 is 1.77 bits per heavy atom. The van der Waals surface area contributed by atoms with Crippen molar-refractivity contribution >= 4 is 10.9 Å². The fourth-order valence-electron chi connectivity index (χ4n) is 6.25. The quantitative estimate of drug-likeness (QED) is 0.234. The van der Waals surface area contributed by atoms with E-state index in [1.807, 2.05) is 24.3 Å². The Bertz CT molecular complexity index is 1880. The maximum absolute atomic E-state index is 5.10. The van der Waals surface area contributed by atoms with Gasteiger partial charge in [0.25, 0.3) is 0 Å². The van der Waals surface area contributed by atoms with Gasteiger partial charge in [-0.05, 0) is 62.4 Å². The third kappa shape index (κ3) is 3.71. The molecule has 0 bridgehead atoms. The lowest BCUT2D eigenvalue weighted by atomic mass is 9.55. The first-order chi connectivity index (χ1) is 19.3. The molecule has 0 aliphatic heterocycles. The molecule has 0 amide bonds. The van der Waals surface area contributed by atoms with Gasteiger partial charge in [-0.25, -0.2) is 9.97 Å². The fourth-order valence-corrected chi connectivity index (χ4v) is 6.25. The van der Waals surface area contributed by atoms with Gasteiger partial charge in [-0.2, -0.15) is 0 Å². The Balaban J connectivity index is 1.42.